The number of rotatable bonds is 7. The van der Waals surface area contributed by atoms with Gasteiger partial charge in [-0.05, 0) is 30.7 Å². The van der Waals surface area contributed by atoms with E-state index in [1.54, 1.807) is 10.9 Å². The predicted octanol–water partition coefficient (Wildman–Crippen LogP) is 3.67. The van der Waals surface area contributed by atoms with Gasteiger partial charge in [0.1, 0.15) is 11.1 Å². The summed E-state index contributed by atoms with van der Waals surface area (Å²) in [6, 6.07) is 19.4. The predicted molar refractivity (Wildman–Crippen MR) is 107 cm³/mol. The van der Waals surface area contributed by atoms with Gasteiger partial charge in [-0.1, -0.05) is 48.2 Å². The van der Waals surface area contributed by atoms with E-state index in [0.717, 1.165) is 23.6 Å². The van der Waals surface area contributed by atoms with Crippen molar-refractivity contribution < 1.29 is 4.74 Å². The standard InChI is InChI=1S/C20H18N4O2S/c25-19-17-14-21-24(15-8-3-1-4-9-15)18(17)22-20(23-19)27-13-7-12-26-16-10-5-2-6-11-16/h1-6,8-11,14H,7,12-13H2,(H,22,23,25). The lowest BCUT2D eigenvalue weighted by molar-refractivity contribution is 0.318. The summed E-state index contributed by atoms with van der Waals surface area (Å²) in [5.74, 6) is 1.66. The van der Waals surface area contributed by atoms with E-state index in [1.807, 2.05) is 60.7 Å². The maximum absolute atomic E-state index is 12.3. The number of benzene rings is 2. The summed E-state index contributed by atoms with van der Waals surface area (Å²) in [6.45, 7) is 0.617. The highest BCUT2D eigenvalue weighted by Gasteiger charge is 2.11. The van der Waals surface area contributed by atoms with Crippen molar-refractivity contribution in [1.82, 2.24) is 19.7 Å². The first kappa shape index (κ1) is 17.4. The molecular weight excluding hydrogens is 360 g/mol. The van der Waals surface area contributed by atoms with Crippen LogP contribution in [0.15, 0.2) is 76.8 Å². The maximum atomic E-state index is 12.3. The Bertz CT molecular complexity index is 1080. The first-order chi connectivity index (χ1) is 13.3. The highest BCUT2D eigenvalue weighted by Crippen LogP contribution is 2.18. The molecule has 0 aliphatic carbocycles. The van der Waals surface area contributed by atoms with Gasteiger partial charge in [-0.15, -0.1) is 0 Å². The highest BCUT2D eigenvalue weighted by atomic mass is 32.2. The van der Waals surface area contributed by atoms with Gasteiger partial charge >= 0.3 is 0 Å². The van der Waals surface area contributed by atoms with Gasteiger partial charge in [0.05, 0.1) is 18.5 Å². The van der Waals surface area contributed by atoms with Crippen LogP contribution in [0.25, 0.3) is 16.7 Å². The Hall–Kier alpha value is -3.06. The number of aromatic nitrogens is 4. The van der Waals surface area contributed by atoms with Crippen molar-refractivity contribution in [2.24, 2.45) is 0 Å². The van der Waals surface area contributed by atoms with Crippen molar-refractivity contribution >= 4 is 22.8 Å². The summed E-state index contributed by atoms with van der Waals surface area (Å²) >= 11 is 1.50. The summed E-state index contributed by atoms with van der Waals surface area (Å²) in [5, 5.41) is 5.39. The lowest BCUT2D eigenvalue weighted by atomic mass is 10.3. The van der Waals surface area contributed by atoms with E-state index < -0.39 is 0 Å². The topological polar surface area (TPSA) is 72.8 Å². The van der Waals surface area contributed by atoms with E-state index in [2.05, 4.69) is 15.1 Å². The Kier molecular flexibility index (Phi) is 5.20. The van der Waals surface area contributed by atoms with Crippen LogP contribution in [0.5, 0.6) is 5.75 Å². The van der Waals surface area contributed by atoms with Crippen LogP contribution in [0.1, 0.15) is 6.42 Å². The van der Waals surface area contributed by atoms with E-state index >= 15 is 0 Å². The summed E-state index contributed by atoms with van der Waals surface area (Å²) in [7, 11) is 0. The fourth-order valence-electron chi connectivity index (χ4n) is 2.66. The fourth-order valence-corrected chi connectivity index (χ4v) is 3.43. The van der Waals surface area contributed by atoms with Crippen molar-refractivity contribution in [3.63, 3.8) is 0 Å². The van der Waals surface area contributed by atoms with Crippen molar-refractivity contribution in [2.75, 3.05) is 12.4 Å². The zero-order valence-corrected chi connectivity index (χ0v) is 15.4. The second-order valence-electron chi connectivity index (χ2n) is 5.86. The molecule has 0 radical (unpaired) electrons. The number of ether oxygens (including phenoxy) is 1. The fraction of sp³-hybridized carbons (Fsp3) is 0.150. The van der Waals surface area contributed by atoms with Gasteiger partial charge in [0, 0.05) is 5.75 Å². The quantitative estimate of drug-likeness (QED) is 0.302. The molecule has 4 aromatic rings. The molecule has 0 unspecified atom stereocenters. The number of aromatic amines is 1. The van der Waals surface area contributed by atoms with Crippen molar-refractivity contribution in [1.29, 1.82) is 0 Å². The van der Waals surface area contributed by atoms with Gasteiger partial charge in [-0.3, -0.25) is 4.79 Å². The van der Waals surface area contributed by atoms with E-state index in [9.17, 15) is 4.79 Å². The third-order valence-electron chi connectivity index (χ3n) is 3.96. The smallest absolute Gasteiger partial charge is 0.262 e. The van der Waals surface area contributed by atoms with E-state index in [-0.39, 0.29) is 5.56 Å². The number of fused-ring (bicyclic) bond motifs is 1. The molecule has 0 saturated carbocycles. The Labute approximate surface area is 160 Å². The number of nitrogens with zero attached hydrogens (tertiary/aromatic N) is 3. The van der Waals surface area contributed by atoms with Gasteiger partial charge < -0.3 is 9.72 Å². The van der Waals surface area contributed by atoms with Crippen LogP contribution in [0.3, 0.4) is 0 Å². The molecule has 0 atom stereocenters. The number of hydrogen-bond acceptors (Lipinski definition) is 5. The van der Waals surface area contributed by atoms with Gasteiger partial charge in [-0.25, -0.2) is 9.67 Å². The molecule has 0 aliphatic rings. The Morgan fingerprint density at radius 2 is 1.78 bits per heavy atom. The van der Waals surface area contributed by atoms with Crippen molar-refractivity contribution in [3.8, 4) is 11.4 Å². The molecule has 0 saturated heterocycles. The molecule has 0 bridgehead atoms. The minimum absolute atomic E-state index is 0.176. The Balaban J connectivity index is 1.44. The largest absolute Gasteiger partial charge is 0.494 e. The monoisotopic (exact) mass is 378 g/mol. The van der Waals surface area contributed by atoms with Gasteiger partial charge in [0.25, 0.3) is 5.56 Å². The minimum Gasteiger partial charge on any atom is -0.494 e. The Morgan fingerprint density at radius 3 is 2.56 bits per heavy atom. The second-order valence-corrected chi connectivity index (χ2v) is 6.95. The molecule has 2 heterocycles. The normalized spacial score (nSPS) is 11.0. The van der Waals surface area contributed by atoms with Crippen molar-refractivity contribution in [2.45, 2.75) is 11.6 Å². The molecule has 0 fully saturated rings. The molecule has 2 aromatic carbocycles. The average Bonchev–Trinajstić information content (AvgIpc) is 3.14. The van der Waals surface area contributed by atoms with Crippen LogP contribution in [0, 0.1) is 0 Å². The van der Waals surface area contributed by atoms with Gasteiger partial charge in [-0.2, -0.15) is 5.10 Å². The number of hydrogen-bond donors (Lipinski definition) is 1. The third-order valence-corrected chi connectivity index (χ3v) is 4.92. The minimum atomic E-state index is -0.176. The summed E-state index contributed by atoms with van der Waals surface area (Å²) < 4.78 is 7.37. The van der Waals surface area contributed by atoms with Crippen LogP contribution in [0.2, 0.25) is 0 Å². The molecule has 2 aromatic heterocycles. The van der Waals surface area contributed by atoms with Crippen LogP contribution < -0.4 is 10.3 Å². The summed E-state index contributed by atoms with van der Waals surface area (Å²) in [4.78, 5) is 19.8. The van der Waals surface area contributed by atoms with Gasteiger partial charge in [0.2, 0.25) is 0 Å². The maximum Gasteiger partial charge on any atom is 0.262 e. The Morgan fingerprint density at radius 1 is 1.04 bits per heavy atom. The van der Waals surface area contributed by atoms with Crippen LogP contribution in [-0.4, -0.2) is 32.1 Å². The molecule has 7 heteroatoms. The summed E-state index contributed by atoms with van der Waals surface area (Å²) in [6.07, 6.45) is 2.40. The number of H-pyrrole nitrogens is 1. The molecule has 0 aliphatic heterocycles. The first-order valence-electron chi connectivity index (χ1n) is 8.65. The number of thioether (sulfide) groups is 1. The van der Waals surface area contributed by atoms with Crippen LogP contribution >= 0.6 is 11.8 Å². The molecular formula is C20H18N4O2S. The third kappa shape index (κ3) is 4.03. The van der Waals surface area contributed by atoms with E-state index in [1.165, 1.54) is 11.8 Å². The van der Waals surface area contributed by atoms with E-state index in [0.29, 0.717) is 22.8 Å². The number of nitrogens with one attached hydrogen (secondary N) is 1. The van der Waals surface area contributed by atoms with Gasteiger partial charge in [0.15, 0.2) is 10.8 Å². The first-order valence-corrected chi connectivity index (χ1v) is 9.64. The molecule has 6 nitrogen and oxygen atoms in total. The molecule has 0 amide bonds. The number of para-hydroxylation sites is 2. The summed E-state index contributed by atoms with van der Waals surface area (Å²) in [5.41, 5.74) is 1.26. The zero-order valence-electron chi connectivity index (χ0n) is 14.5. The lowest BCUT2D eigenvalue weighted by Crippen LogP contribution is -2.10. The van der Waals surface area contributed by atoms with Crippen LogP contribution in [-0.2, 0) is 0 Å². The SMILES string of the molecule is O=c1[nH]c(SCCCOc2ccccc2)nc2c1cnn2-c1ccccc1. The van der Waals surface area contributed by atoms with Crippen LogP contribution in [0.4, 0.5) is 0 Å². The molecule has 1 N–H and O–H groups in total. The highest BCUT2D eigenvalue weighted by molar-refractivity contribution is 7.99. The van der Waals surface area contributed by atoms with E-state index in [4.69, 9.17) is 4.74 Å². The molecule has 136 valence electrons. The zero-order chi connectivity index (χ0) is 18.5. The molecule has 0 spiro atoms. The van der Waals surface area contributed by atoms with Crippen molar-refractivity contribution in [3.05, 3.63) is 77.2 Å². The molecule has 4 rings (SSSR count). The molecule has 27 heavy (non-hydrogen) atoms. The lowest BCUT2D eigenvalue weighted by Gasteiger charge is -2.06. The average molecular weight is 378 g/mol. The second kappa shape index (κ2) is 8.09.